The molecule has 0 atom stereocenters. The molecule has 6 heteroatoms. The molecule has 0 spiro atoms. The zero-order valence-electron chi connectivity index (χ0n) is 14.7. The van der Waals surface area contributed by atoms with Crippen molar-refractivity contribution >= 4 is 11.6 Å². The van der Waals surface area contributed by atoms with Gasteiger partial charge in [-0.25, -0.2) is 13.9 Å². The van der Waals surface area contributed by atoms with Crippen LogP contribution in [0.25, 0.3) is 5.65 Å². The molecule has 1 amide bonds. The minimum atomic E-state index is -0.300. The summed E-state index contributed by atoms with van der Waals surface area (Å²) in [6, 6.07) is 10.3. The minimum absolute atomic E-state index is 0.0591. The molecule has 3 heterocycles. The number of benzene rings is 1. The third kappa shape index (κ3) is 3.45. The average molecular weight is 352 g/mol. The lowest BCUT2D eigenvalue weighted by atomic mass is 9.93. The fourth-order valence-corrected chi connectivity index (χ4v) is 3.60. The van der Waals surface area contributed by atoms with Crippen LogP contribution >= 0.6 is 0 Å². The van der Waals surface area contributed by atoms with Crippen molar-refractivity contribution in [2.75, 3.05) is 13.1 Å². The minimum Gasteiger partial charge on any atom is -0.342 e. The van der Waals surface area contributed by atoms with Crippen LogP contribution in [0, 0.1) is 12.7 Å². The van der Waals surface area contributed by atoms with Gasteiger partial charge in [-0.3, -0.25) is 4.79 Å². The Balaban J connectivity index is 1.39. The van der Waals surface area contributed by atoms with Crippen LogP contribution in [0.1, 0.15) is 35.7 Å². The highest BCUT2D eigenvalue weighted by atomic mass is 19.1. The first kappa shape index (κ1) is 16.7. The number of halogens is 1. The number of piperidine rings is 1. The van der Waals surface area contributed by atoms with Crippen molar-refractivity contribution in [3.63, 3.8) is 0 Å². The second-order valence-corrected chi connectivity index (χ2v) is 6.90. The third-order valence-electron chi connectivity index (χ3n) is 4.98. The molecule has 134 valence electrons. The van der Waals surface area contributed by atoms with Crippen molar-refractivity contribution in [1.82, 2.24) is 19.5 Å². The number of fused-ring (bicyclic) bond motifs is 1. The van der Waals surface area contributed by atoms with Gasteiger partial charge in [-0.15, -0.1) is 0 Å². The van der Waals surface area contributed by atoms with E-state index in [1.807, 2.05) is 30.2 Å². The maximum Gasteiger partial charge on any atom is 0.226 e. The molecule has 3 aromatic rings. The van der Waals surface area contributed by atoms with Crippen LogP contribution in [0.15, 0.2) is 42.6 Å². The molecule has 0 unspecified atom stereocenters. The molecular weight excluding hydrogens is 331 g/mol. The lowest BCUT2D eigenvalue weighted by Crippen LogP contribution is -2.38. The third-order valence-corrected chi connectivity index (χ3v) is 4.98. The van der Waals surface area contributed by atoms with Crippen molar-refractivity contribution in [2.24, 2.45) is 0 Å². The molecule has 0 bridgehead atoms. The molecule has 0 aliphatic carbocycles. The van der Waals surface area contributed by atoms with Gasteiger partial charge in [-0.1, -0.05) is 12.1 Å². The van der Waals surface area contributed by atoms with Gasteiger partial charge >= 0.3 is 0 Å². The highest BCUT2D eigenvalue weighted by molar-refractivity contribution is 5.78. The van der Waals surface area contributed by atoms with Gasteiger partial charge in [-0.2, -0.15) is 5.10 Å². The zero-order valence-corrected chi connectivity index (χ0v) is 14.7. The summed E-state index contributed by atoms with van der Waals surface area (Å²) < 4.78 is 15.1. The number of carbonyl (C=O) groups is 1. The van der Waals surface area contributed by atoms with E-state index in [9.17, 15) is 9.18 Å². The Kier molecular flexibility index (Phi) is 4.41. The molecule has 1 aromatic carbocycles. The lowest BCUT2D eigenvalue weighted by molar-refractivity contribution is -0.131. The molecule has 0 saturated carbocycles. The summed E-state index contributed by atoms with van der Waals surface area (Å²) >= 11 is 0. The molecule has 4 rings (SSSR count). The number of aryl methyl sites for hydroxylation is 1. The number of hydrogen-bond donors (Lipinski definition) is 0. The van der Waals surface area contributed by atoms with Crippen LogP contribution in [0.4, 0.5) is 4.39 Å². The van der Waals surface area contributed by atoms with E-state index in [1.165, 1.54) is 12.1 Å². The van der Waals surface area contributed by atoms with Crippen molar-refractivity contribution in [3.8, 4) is 0 Å². The summed E-state index contributed by atoms with van der Waals surface area (Å²) in [6.07, 6.45) is 3.99. The molecular formula is C20H21FN4O. The largest absolute Gasteiger partial charge is 0.342 e. The Hall–Kier alpha value is -2.76. The second kappa shape index (κ2) is 6.86. The van der Waals surface area contributed by atoms with Crippen molar-refractivity contribution in [1.29, 1.82) is 0 Å². The van der Waals surface area contributed by atoms with E-state index in [-0.39, 0.29) is 18.1 Å². The van der Waals surface area contributed by atoms with E-state index >= 15 is 0 Å². The van der Waals surface area contributed by atoms with Crippen LogP contribution in [-0.2, 0) is 11.2 Å². The first-order chi connectivity index (χ1) is 12.6. The zero-order chi connectivity index (χ0) is 18.1. The van der Waals surface area contributed by atoms with Gasteiger partial charge in [0, 0.05) is 37.0 Å². The Morgan fingerprint density at radius 1 is 1.23 bits per heavy atom. The van der Waals surface area contributed by atoms with Crippen LogP contribution in [0.2, 0.25) is 0 Å². The molecule has 2 aromatic heterocycles. The normalized spacial score (nSPS) is 15.5. The quantitative estimate of drug-likeness (QED) is 0.728. The monoisotopic (exact) mass is 352 g/mol. The van der Waals surface area contributed by atoms with Gasteiger partial charge in [0.15, 0.2) is 5.65 Å². The molecule has 1 aliphatic rings. The fourth-order valence-electron chi connectivity index (χ4n) is 3.60. The smallest absolute Gasteiger partial charge is 0.226 e. The predicted molar refractivity (Wildman–Crippen MR) is 96.4 cm³/mol. The van der Waals surface area contributed by atoms with Crippen molar-refractivity contribution in [2.45, 2.75) is 32.1 Å². The van der Waals surface area contributed by atoms with Crippen molar-refractivity contribution < 1.29 is 9.18 Å². The van der Waals surface area contributed by atoms with Crippen LogP contribution in [0.5, 0.6) is 0 Å². The first-order valence-electron chi connectivity index (χ1n) is 8.93. The fraction of sp³-hybridized carbons (Fsp3) is 0.350. The number of rotatable bonds is 3. The number of amides is 1. The molecule has 5 nitrogen and oxygen atoms in total. The summed E-state index contributed by atoms with van der Waals surface area (Å²) in [5.74, 6) is 0.114. The van der Waals surface area contributed by atoms with E-state index in [4.69, 9.17) is 4.98 Å². The van der Waals surface area contributed by atoms with Gasteiger partial charge in [0.2, 0.25) is 5.91 Å². The van der Waals surface area contributed by atoms with E-state index in [1.54, 1.807) is 16.6 Å². The standard InChI is InChI=1S/C20H21FN4O/c1-14-11-19-22-18(7-10-25(19)23-14)16-5-8-24(9-6-16)20(26)13-15-3-2-4-17(21)12-15/h2-4,7,10-12,16H,5-6,8-9,13H2,1H3. The molecule has 1 saturated heterocycles. The first-order valence-corrected chi connectivity index (χ1v) is 8.93. The summed E-state index contributed by atoms with van der Waals surface area (Å²) in [5, 5.41) is 4.36. The van der Waals surface area contributed by atoms with Gasteiger partial charge in [-0.05, 0) is 43.5 Å². The summed E-state index contributed by atoms with van der Waals surface area (Å²) in [5.41, 5.74) is 3.60. The highest BCUT2D eigenvalue weighted by Crippen LogP contribution is 2.27. The van der Waals surface area contributed by atoms with Crippen LogP contribution < -0.4 is 0 Å². The topological polar surface area (TPSA) is 50.5 Å². The maximum atomic E-state index is 13.3. The van der Waals surface area contributed by atoms with Crippen LogP contribution in [0.3, 0.4) is 0 Å². The molecule has 1 fully saturated rings. The van der Waals surface area contributed by atoms with E-state index in [0.717, 1.165) is 35.4 Å². The SMILES string of the molecule is Cc1cc2nc(C3CCN(C(=O)Cc4cccc(F)c4)CC3)ccn2n1. The molecule has 0 radical (unpaired) electrons. The summed E-state index contributed by atoms with van der Waals surface area (Å²) in [6.45, 7) is 3.38. The number of nitrogens with zero attached hydrogens (tertiary/aromatic N) is 4. The Labute approximate surface area is 151 Å². The number of likely N-dealkylation sites (tertiary alicyclic amines) is 1. The van der Waals surface area contributed by atoms with E-state index < -0.39 is 0 Å². The Bertz CT molecular complexity index is 944. The van der Waals surface area contributed by atoms with Gasteiger partial charge < -0.3 is 4.90 Å². The average Bonchev–Trinajstić information content (AvgIpc) is 3.01. The molecule has 26 heavy (non-hydrogen) atoms. The highest BCUT2D eigenvalue weighted by Gasteiger charge is 2.25. The Morgan fingerprint density at radius 3 is 2.81 bits per heavy atom. The van der Waals surface area contributed by atoms with Gasteiger partial charge in [0.25, 0.3) is 0 Å². The second-order valence-electron chi connectivity index (χ2n) is 6.90. The van der Waals surface area contributed by atoms with Crippen molar-refractivity contribution in [3.05, 3.63) is 65.4 Å². The predicted octanol–water partition coefficient (Wildman–Crippen LogP) is 3.13. The molecule has 1 aliphatic heterocycles. The summed E-state index contributed by atoms with van der Waals surface area (Å²) in [7, 11) is 0. The number of aromatic nitrogens is 3. The van der Waals surface area contributed by atoms with E-state index in [0.29, 0.717) is 19.0 Å². The van der Waals surface area contributed by atoms with Crippen LogP contribution in [-0.4, -0.2) is 38.5 Å². The Morgan fingerprint density at radius 2 is 2.04 bits per heavy atom. The maximum absolute atomic E-state index is 13.3. The summed E-state index contributed by atoms with van der Waals surface area (Å²) in [4.78, 5) is 19.1. The van der Waals surface area contributed by atoms with Gasteiger partial charge in [0.1, 0.15) is 5.82 Å². The number of hydrogen-bond acceptors (Lipinski definition) is 3. The molecule has 0 N–H and O–H groups in total. The van der Waals surface area contributed by atoms with E-state index in [2.05, 4.69) is 5.10 Å². The lowest BCUT2D eigenvalue weighted by Gasteiger charge is -2.32. The van der Waals surface area contributed by atoms with Gasteiger partial charge in [0.05, 0.1) is 12.1 Å². The number of carbonyl (C=O) groups excluding carboxylic acids is 1.